The second-order valence-corrected chi connectivity index (χ2v) is 25.5. The summed E-state index contributed by atoms with van der Waals surface area (Å²) in [5, 5.41) is 54.5. The highest BCUT2D eigenvalue weighted by molar-refractivity contribution is 6.65. The highest BCUT2D eigenvalue weighted by Crippen LogP contribution is 2.64. The van der Waals surface area contributed by atoms with Crippen LogP contribution in [0.5, 0.6) is 0 Å². The molecule has 1 aliphatic rings. The second kappa shape index (κ2) is 14.9. The molecule has 1 aliphatic heterocycles. The van der Waals surface area contributed by atoms with Gasteiger partial charge in [0, 0.05) is 32.3 Å². The molecule has 0 unspecified atom stereocenters. The van der Waals surface area contributed by atoms with E-state index in [-0.39, 0.29) is 6.17 Å². The molecule has 0 fully saturated rings. The fraction of sp³-hybridized carbons (Fsp3) is 0.256. The van der Waals surface area contributed by atoms with Gasteiger partial charge < -0.3 is 0 Å². The van der Waals surface area contributed by atoms with Gasteiger partial charge in [-0.3, -0.25) is 9.98 Å². The van der Waals surface area contributed by atoms with Crippen molar-refractivity contribution in [2.75, 3.05) is 0 Å². The molecule has 0 N–H and O–H groups in total. The van der Waals surface area contributed by atoms with Gasteiger partial charge in [0.1, 0.15) is 6.17 Å². The molecule has 20 rings (SSSR count). The number of hydrogen-bond donors (Lipinski definition) is 0. The van der Waals surface area contributed by atoms with E-state index >= 15 is 0 Å². The summed E-state index contributed by atoms with van der Waals surface area (Å²) in [5.41, 5.74) is 6.05. The van der Waals surface area contributed by atoms with E-state index in [1.165, 1.54) is 220 Å². The Labute approximate surface area is 462 Å². The first-order valence-corrected chi connectivity index (χ1v) is 31.1. The van der Waals surface area contributed by atoms with E-state index in [4.69, 9.17) is 9.98 Å². The van der Waals surface area contributed by atoms with Gasteiger partial charge in [0.15, 0.2) is 0 Å². The van der Waals surface area contributed by atoms with Crippen molar-refractivity contribution < 1.29 is 0 Å². The summed E-state index contributed by atoms with van der Waals surface area (Å²) < 4.78 is 0. The van der Waals surface area contributed by atoms with Gasteiger partial charge in [0.05, 0.1) is 10.7 Å². The van der Waals surface area contributed by atoms with Crippen LogP contribution in [0.15, 0.2) is 107 Å². The van der Waals surface area contributed by atoms with Gasteiger partial charge >= 0.3 is 0 Å². The van der Waals surface area contributed by atoms with E-state index in [1.807, 2.05) is 0 Å². The molecule has 0 saturated heterocycles. The number of aryl methyl sites for hydroxylation is 4. The van der Waals surface area contributed by atoms with Gasteiger partial charge in [-0.05, 0) is 254 Å². The van der Waals surface area contributed by atoms with Crippen molar-refractivity contribution >= 4 is 194 Å². The minimum atomic E-state index is -0.107. The van der Waals surface area contributed by atoms with Crippen molar-refractivity contribution in [3.63, 3.8) is 0 Å². The van der Waals surface area contributed by atoms with Crippen molar-refractivity contribution in [3.8, 4) is 0 Å². The standard InChI is InChI=1S/C78H60N2/c1-6-11-18-36-30-40-26-28-44-42-22-15-24-46-57(42)67-69-59(44)53(40)48(32-36)50-34-38(20-13-8-3)55-56-39(21-14-9-4)35-51-49-33-37(19-12-7-2)31-41-27-29-45-43-23-16-25-47-58(43)68-70(60(45)54(41)49)62(51)66(56)74-73(65(55)61(50)69)75(67)71-63(46)77-78(64(47)72(71)76(68)74)80-52(79-77)17-10-5/h15-16,22-35,52H,6-14,17-21H2,1-5H3. The highest BCUT2D eigenvalue weighted by Gasteiger charge is 2.38. The molecule has 19 aromatic carbocycles. The van der Waals surface area contributed by atoms with Crippen LogP contribution < -0.4 is 10.7 Å². The number of nitrogens with zero attached hydrogens (tertiary/aromatic N) is 2. The molecule has 0 saturated carbocycles. The highest BCUT2D eigenvalue weighted by atomic mass is 15.0. The molecule has 0 aromatic heterocycles. The van der Waals surface area contributed by atoms with Gasteiger partial charge in [-0.15, -0.1) is 0 Å². The maximum atomic E-state index is 5.87. The van der Waals surface area contributed by atoms with Crippen LogP contribution in [0.1, 0.15) is 121 Å². The zero-order valence-corrected chi connectivity index (χ0v) is 46.6. The number of unbranched alkanes of at least 4 members (excludes halogenated alkanes) is 4. The second-order valence-electron chi connectivity index (χ2n) is 25.5. The monoisotopic (exact) mass is 1020 g/mol. The lowest BCUT2D eigenvalue weighted by molar-refractivity contribution is 0.629. The Morgan fingerprint density at radius 1 is 0.275 bits per heavy atom. The topological polar surface area (TPSA) is 24.7 Å². The van der Waals surface area contributed by atoms with E-state index in [1.54, 1.807) is 21.9 Å². The van der Waals surface area contributed by atoms with Crippen LogP contribution >= 0.6 is 0 Å². The zero-order chi connectivity index (χ0) is 52.5. The van der Waals surface area contributed by atoms with Gasteiger partial charge in [-0.1, -0.05) is 152 Å². The van der Waals surface area contributed by atoms with E-state index in [0.717, 1.165) is 74.9 Å². The molecule has 0 spiro atoms. The Hall–Kier alpha value is -7.94. The van der Waals surface area contributed by atoms with Crippen LogP contribution in [-0.2, 0) is 25.7 Å². The molecule has 80 heavy (non-hydrogen) atoms. The maximum Gasteiger partial charge on any atom is 0.141 e. The van der Waals surface area contributed by atoms with Crippen molar-refractivity contribution in [1.82, 2.24) is 0 Å². The molecule has 0 bridgehead atoms. The lowest BCUT2D eigenvalue weighted by Crippen LogP contribution is -2.25. The van der Waals surface area contributed by atoms with E-state index in [9.17, 15) is 0 Å². The summed E-state index contributed by atoms with van der Waals surface area (Å²) in [4.78, 5) is 11.7. The van der Waals surface area contributed by atoms with E-state index in [0.29, 0.717) is 0 Å². The minimum Gasteiger partial charge on any atom is -0.256 e. The molecule has 0 atom stereocenters. The Morgan fingerprint density at radius 3 is 1.06 bits per heavy atom. The van der Waals surface area contributed by atoms with Crippen molar-refractivity contribution in [3.05, 3.63) is 130 Å². The Bertz CT molecular complexity index is 5590. The number of benzene rings is 19. The van der Waals surface area contributed by atoms with E-state index < -0.39 is 0 Å². The summed E-state index contributed by atoms with van der Waals surface area (Å²) in [6.07, 6.45) is 15.6. The first kappa shape index (κ1) is 43.9. The van der Waals surface area contributed by atoms with Crippen LogP contribution in [0.4, 0.5) is 0 Å². The molecule has 19 aromatic rings. The molecule has 0 radical (unpaired) electrons. The molecule has 2 heteroatoms. The fourth-order valence-corrected chi connectivity index (χ4v) is 18.3. The van der Waals surface area contributed by atoms with Crippen molar-refractivity contribution in [2.45, 2.75) is 131 Å². The quantitative estimate of drug-likeness (QED) is 0.0766. The zero-order valence-electron chi connectivity index (χ0n) is 46.6. The first-order valence-electron chi connectivity index (χ1n) is 31.1. The van der Waals surface area contributed by atoms with Gasteiger partial charge in [-0.25, -0.2) is 0 Å². The number of fused-ring (bicyclic) bond motifs is 10. The average molecular weight is 1030 g/mol. The van der Waals surface area contributed by atoms with Crippen LogP contribution in [0.2, 0.25) is 0 Å². The molecular weight excluding hydrogens is 965 g/mol. The summed E-state index contributed by atoms with van der Waals surface area (Å²) >= 11 is 0. The third-order valence-electron chi connectivity index (χ3n) is 21.3. The Morgan fingerprint density at radius 2 is 0.625 bits per heavy atom. The molecule has 2 nitrogen and oxygen atoms in total. The molecule has 1 heterocycles. The smallest absolute Gasteiger partial charge is 0.141 e. The summed E-state index contributed by atoms with van der Waals surface area (Å²) in [6, 6.07) is 40.7. The van der Waals surface area contributed by atoms with E-state index in [2.05, 4.69) is 132 Å². The maximum absolute atomic E-state index is 5.87. The summed E-state index contributed by atoms with van der Waals surface area (Å²) in [7, 11) is 0. The molecule has 0 amide bonds. The van der Waals surface area contributed by atoms with Crippen molar-refractivity contribution in [1.29, 1.82) is 0 Å². The third kappa shape index (κ3) is 4.76. The predicted octanol–water partition coefficient (Wildman–Crippen LogP) is 21.6. The lowest BCUT2D eigenvalue weighted by Gasteiger charge is -2.33. The van der Waals surface area contributed by atoms with Crippen LogP contribution in [-0.4, -0.2) is 6.17 Å². The molecular formula is C78H60N2. The van der Waals surface area contributed by atoms with Gasteiger partial charge in [0.25, 0.3) is 0 Å². The van der Waals surface area contributed by atoms with Crippen LogP contribution in [0, 0.1) is 0 Å². The fourth-order valence-electron chi connectivity index (χ4n) is 18.3. The summed E-state index contributed by atoms with van der Waals surface area (Å²) in [6.45, 7) is 11.8. The van der Waals surface area contributed by atoms with Crippen LogP contribution in [0.25, 0.3) is 194 Å². The predicted molar refractivity (Wildman–Crippen MR) is 349 cm³/mol. The molecule has 382 valence electrons. The normalized spacial score (nSPS) is 14.4. The SMILES string of the molecule is CCCCc1cc2ccc3c4cccc5c6c7c(c8c9cccc%10c%11ccc%12cc(CCCC)cc%13c%14cc(CCCC)c%15c%16c(CCCC)cc%17c(c1)c2c3c1c%17c%16c2c3c%15c%14c(c%11c%12%13)c(c%109)c3c8c6c2c1c45)=NC(CCC)N=7. The third-order valence-corrected chi connectivity index (χ3v) is 21.3. The average Bonchev–Trinajstić information content (AvgIpc) is 1.08. The van der Waals surface area contributed by atoms with Gasteiger partial charge in [0.2, 0.25) is 0 Å². The number of hydrogen-bond acceptors (Lipinski definition) is 2. The van der Waals surface area contributed by atoms with Crippen LogP contribution in [0.3, 0.4) is 0 Å². The Balaban J connectivity index is 1.20. The minimum absolute atomic E-state index is 0.107. The largest absolute Gasteiger partial charge is 0.256 e. The Kier molecular flexibility index (Phi) is 8.17. The number of rotatable bonds is 14. The van der Waals surface area contributed by atoms with Gasteiger partial charge in [-0.2, -0.15) is 0 Å². The lowest BCUT2D eigenvalue weighted by atomic mass is 9.69. The summed E-state index contributed by atoms with van der Waals surface area (Å²) in [5.74, 6) is 0. The molecule has 0 aliphatic carbocycles. The van der Waals surface area contributed by atoms with Crippen molar-refractivity contribution in [2.24, 2.45) is 9.98 Å². The first-order chi connectivity index (χ1) is 39.5.